The van der Waals surface area contributed by atoms with E-state index in [1.165, 1.54) is 12.7 Å². The van der Waals surface area contributed by atoms with E-state index in [1.807, 2.05) is 32.0 Å². The van der Waals surface area contributed by atoms with Crippen LogP contribution in [0.5, 0.6) is 0 Å². The minimum atomic E-state index is -3.51. The molecule has 0 bridgehead atoms. The third kappa shape index (κ3) is 3.48. The SMILES string of the molecule is Cc1ccc(C)c(S(=O)(=O)N2CCN(c3cc(-n4cncn4)ncn3)CC2)c1. The summed E-state index contributed by atoms with van der Waals surface area (Å²) in [5.74, 6) is 1.36. The van der Waals surface area contributed by atoms with E-state index in [1.54, 1.807) is 21.4 Å². The fraction of sp³-hybridized carbons (Fsp3) is 0.333. The van der Waals surface area contributed by atoms with Crippen LogP contribution in [-0.4, -0.2) is 63.6 Å². The van der Waals surface area contributed by atoms with Gasteiger partial charge in [0.25, 0.3) is 0 Å². The molecule has 0 aliphatic carbocycles. The minimum absolute atomic E-state index is 0.386. The highest BCUT2D eigenvalue weighted by Crippen LogP contribution is 2.23. The number of piperazine rings is 1. The molecule has 0 amide bonds. The summed E-state index contributed by atoms with van der Waals surface area (Å²) < 4.78 is 29.3. The summed E-state index contributed by atoms with van der Waals surface area (Å²) in [5.41, 5.74) is 1.70. The highest BCUT2D eigenvalue weighted by atomic mass is 32.2. The smallest absolute Gasteiger partial charge is 0.243 e. The van der Waals surface area contributed by atoms with Gasteiger partial charge in [-0.05, 0) is 31.0 Å². The first-order valence-electron chi connectivity index (χ1n) is 8.94. The van der Waals surface area contributed by atoms with E-state index in [4.69, 9.17) is 0 Å². The van der Waals surface area contributed by atoms with E-state index < -0.39 is 10.0 Å². The molecule has 3 aromatic rings. The van der Waals surface area contributed by atoms with Crippen molar-refractivity contribution in [3.05, 3.63) is 54.4 Å². The lowest BCUT2D eigenvalue weighted by atomic mass is 10.2. The average Bonchev–Trinajstić information content (AvgIpc) is 3.25. The number of hydrogen-bond acceptors (Lipinski definition) is 7. The Kier molecular flexibility index (Phi) is 4.82. The monoisotopic (exact) mass is 399 g/mol. The average molecular weight is 399 g/mol. The molecule has 0 saturated carbocycles. The summed E-state index contributed by atoms with van der Waals surface area (Å²) >= 11 is 0. The number of aromatic nitrogens is 5. The second-order valence-corrected chi connectivity index (χ2v) is 8.64. The van der Waals surface area contributed by atoms with Gasteiger partial charge in [0.15, 0.2) is 5.82 Å². The maximum Gasteiger partial charge on any atom is 0.243 e. The molecule has 1 saturated heterocycles. The summed E-state index contributed by atoms with van der Waals surface area (Å²) in [6, 6.07) is 7.34. The predicted molar refractivity (Wildman–Crippen MR) is 104 cm³/mol. The third-order valence-electron chi connectivity index (χ3n) is 4.82. The van der Waals surface area contributed by atoms with E-state index in [0.29, 0.717) is 36.9 Å². The molecule has 4 rings (SSSR count). The van der Waals surface area contributed by atoms with Crippen LogP contribution in [0.2, 0.25) is 0 Å². The van der Waals surface area contributed by atoms with Gasteiger partial charge in [-0.1, -0.05) is 12.1 Å². The van der Waals surface area contributed by atoms with Crippen LogP contribution < -0.4 is 4.90 Å². The molecule has 9 nitrogen and oxygen atoms in total. The van der Waals surface area contributed by atoms with Gasteiger partial charge in [-0.3, -0.25) is 0 Å². The Morgan fingerprint density at radius 2 is 1.68 bits per heavy atom. The highest BCUT2D eigenvalue weighted by molar-refractivity contribution is 7.89. The summed E-state index contributed by atoms with van der Waals surface area (Å²) in [6.45, 7) is 5.64. The normalized spacial score (nSPS) is 15.7. The van der Waals surface area contributed by atoms with Gasteiger partial charge in [-0.2, -0.15) is 9.40 Å². The van der Waals surface area contributed by atoms with Crippen LogP contribution in [-0.2, 0) is 10.0 Å². The van der Waals surface area contributed by atoms with Crippen molar-refractivity contribution < 1.29 is 8.42 Å². The van der Waals surface area contributed by atoms with E-state index in [0.717, 1.165) is 16.9 Å². The van der Waals surface area contributed by atoms with Crippen molar-refractivity contribution >= 4 is 15.8 Å². The first-order valence-corrected chi connectivity index (χ1v) is 10.4. The third-order valence-corrected chi connectivity index (χ3v) is 6.86. The topological polar surface area (TPSA) is 97.1 Å². The molecule has 1 aromatic carbocycles. The molecular formula is C18H21N7O2S. The van der Waals surface area contributed by atoms with Gasteiger partial charge >= 0.3 is 0 Å². The van der Waals surface area contributed by atoms with Crippen molar-refractivity contribution in [1.29, 1.82) is 0 Å². The van der Waals surface area contributed by atoms with Crippen molar-refractivity contribution in [1.82, 2.24) is 29.0 Å². The van der Waals surface area contributed by atoms with Crippen LogP contribution in [0.25, 0.3) is 5.82 Å². The zero-order chi connectivity index (χ0) is 19.7. The van der Waals surface area contributed by atoms with Crippen molar-refractivity contribution in [2.75, 3.05) is 31.1 Å². The van der Waals surface area contributed by atoms with Gasteiger partial charge in [0.05, 0.1) is 4.90 Å². The Morgan fingerprint density at radius 1 is 0.929 bits per heavy atom. The Hall–Kier alpha value is -2.85. The second-order valence-electron chi connectivity index (χ2n) is 6.73. The van der Waals surface area contributed by atoms with Crippen molar-refractivity contribution in [3.63, 3.8) is 0 Å². The zero-order valence-corrected chi connectivity index (χ0v) is 16.5. The largest absolute Gasteiger partial charge is 0.354 e. The molecule has 0 unspecified atom stereocenters. The molecule has 10 heteroatoms. The molecule has 1 aliphatic heterocycles. The number of sulfonamides is 1. The zero-order valence-electron chi connectivity index (χ0n) is 15.7. The molecule has 0 atom stereocenters. The molecule has 0 N–H and O–H groups in total. The van der Waals surface area contributed by atoms with Crippen molar-refractivity contribution in [3.8, 4) is 5.82 Å². The molecule has 28 heavy (non-hydrogen) atoms. The van der Waals surface area contributed by atoms with Crippen LogP contribution in [0.1, 0.15) is 11.1 Å². The molecule has 2 aromatic heterocycles. The van der Waals surface area contributed by atoms with Gasteiger partial charge in [-0.25, -0.2) is 28.1 Å². The Morgan fingerprint density at radius 3 is 2.39 bits per heavy atom. The van der Waals surface area contributed by atoms with Crippen LogP contribution in [0.4, 0.5) is 5.82 Å². The molecule has 0 spiro atoms. The van der Waals surface area contributed by atoms with Crippen LogP contribution in [0.3, 0.4) is 0 Å². The van der Waals surface area contributed by atoms with Crippen molar-refractivity contribution in [2.24, 2.45) is 0 Å². The van der Waals surface area contributed by atoms with E-state index in [9.17, 15) is 8.42 Å². The fourth-order valence-corrected chi connectivity index (χ4v) is 4.98. The summed E-state index contributed by atoms with van der Waals surface area (Å²) in [5, 5.41) is 4.08. The number of anilines is 1. The van der Waals surface area contributed by atoms with E-state index in [2.05, 4.69) is 25.0 Å². The van der Waals surface area contributed by atoms with Gasteiger partial charge in [-0.15, -0.1) is 0 Å². The van der Waals surface area contributed by atoms with Gasteiger partial charge in [0.2, 0.25) is 10.0 Å². The van der Waals surface area contributed by atoms with E-state index >= 15 is 0 Å². The van der Waals surface area contributed by atoms with E-state index in [-0.39, 0.29) is 0 Å². The lowest BCUT2D eigenvalue weighted by Gasteiger charge is -2.35. The number of nitrogens with zero attached hydrogens (tertiary/aromatic N) is 7. The lowest BCUT2D eigenvalue weighted by Crippen LogP contribution is -2.49. The number of benzene rings is 1. The first-order chi connectivity index (χ1) is 13.4. The molecule has 1 fully saturated rings. The standard InChI is InChI=1S/C18H21N7O2S/c1-14-3-4-15(2)16(9-14)28(26,27)24-7-5-23(6-8-24)17-10-18(21-12-20-17)25-13-19-11-22-25/h3-4,9-13H,5-8H2,1-2H3. The van der Waals surface area contributed by atoms with Crippen LogP contribution in [0.15, 0.2) is 48.1 Å². The predicted octanol–water partition coefficient (Wildman–Crippen LogP) is 1.19. The number of aryl methyl sites for hydroxylation is 2. The minimum Gasteiger partial charge on any atom is -0.354 e. The molecular weight excluding hydrogens is 378 g/mol. The maximum atomic E-state index is 13.1. The molecule has 3 heterocycles. The Balaban J connectivity index is 1.51. The second kappa shape index (κ2) is 7.28. The number of hydrogen-bond donors (Lipinski definition) is 0. The Bertz CT molecular complexity index is 1080. The summed E-state index contributed by atoms with van der Waals surface area (Å²) in [6.07, 6.45) is 4.49. The maximum absolute atomic E-state index is 13.1. The fourth-order valence-electron chi connectivity index (χ4n) is 3.24. The highest BCUT2D eigenvalue weighted by Gasteiger charge is 2.30. The number of rotatable bonds is 4. The van der Waals surface area contributed by atoms with Gasteiger partial charge in [0, 0.05) is 32.2 Å². The molecule has 1 aliphatic rings. The van der Waals surface area contributed by atoms with Crippen LogP contribution >= 0.6 is 0 Å². The summed E-state index contributed by atoms with van der Waals surface area (Å²) in [7, 11) is -3.51. The first kappa shape index (κ1) is 18.5. The molecule has 146 valence electrons. The quantitative estimate of drug-likeness (QED) is 0.650. The van der Waals surface area contributed by atoms with Gasteiger partial charge in [0.1, 0.15) is 24.8 Å². The van der Waals surface area contributed by atoms with Gasteiger partial charge < -0.3 is 4.90 Å². The van der Waals surface area contributed by atoms with Crippen molar-refractivity contribution in [2.45, 2.75) is 18.7 Å². The lowest BCUT2D eigenvalue weighted by molar-refractivity contribution is 0.383. The Labute approximate surface area is 163 Å². The summed E-state index contributed by atoms with van der Waals surface area (Å²) in [4.78, 5) is 14.9. The van der Waals surface area contributed by atoms with Crippen LogP contribution in [0, 0.1) is 13.8 Å². The molecule has 0 radical (unpaired) electrons.